The summed E-state index contributed by atoms with van der Waals surface area (Å²) in [4.78, 5) is 23.8. The molecule has 1 unspecified atom stereocenters. The molecule has 0 bridgehead atoms. The number of carbonyl (C=O) groups excluding carboxylic acids is 1. The maximum atomic E-state index is 11.3. The van der Waals surface area contributed by atoms with Crippen LogP contribution in [0, 0.1) is 0 Å². The minimum Gasteiger partial charge on any atom is -0.478 e. The summed E-state index contributed by atoms with van der Waals surface area (Å²) in [5, 5.41) is 8.38. The highest BCUT2D eigenvalue weighted by molar-refractivity contribution is 7.99. The molecule has 1 rings (SSSR count). The first-order chi connectivity index (χ1) is 8.63. The first-order valence-corrected chi connectivity index (χ1v) is 7.18. The van der Waals surface area contributed by atoms with Crippen molar-refractivity contribution >= 4 is 23.7 Å². The van der Waals surface area contributed by atoms with Crippen LogP contribution in [0.1, 0.15) is 13.3 Å². The monoisotopic (exact) mass is 273 g/mol. The molecule has 5 nitrogen and oxygen atoms in total. The van der Waals surface area contributed by atoms with E-state index in [4.69, 9.17) is 9.84 Å². The molecule has 1 aliphatic rings. The van der Waals surface area contributed by atoms with E-state index >= 15 is 0 Å². The molecule has 0 radical (unpaired) electrons. The lowest BCUT2D eigenvalue weighted by Crippen LogP contribution is -2.43. The molecule has 0 aromatic rings. The third kappa shape index (κ3) is 5.55. The molecule has 1 fully saturated rings. The van der Waals surface area contributed by atoms with Crippen molar-refractivity contribution in [3.05, 3.63) is 12.2 Å². The molecule has 1 aliphatic heterocycles. The molecule has 0 saturated carbocycles. The molecule has 0 aromatic heterocycles. The van der Waals surface area contributed by atoms with Gasteiger partial charge in [-0.2, -0.15) is 11.8 Å². The van der Waals surface area contributed by atoms with Gasteiger partial charge in [0.05, 0.1) is 0 Å². The average molecular weight is 273 g/mol. The molecule has 0 aliphatic carbocycles. The first-order valence-electron chi connectivity index (χ1n) is 6.03. The second kappa shape index (κ2) is 8.16. The zero-order valence-corrected chi connectivity index (χ0v) is 11.3. The number of thioether (sulfide) groups is 1. The van der Waals surface area contributed by atoms with Crippen LogP contribution in [0.4, 0.5) is 0 Å². The summed E-state index contributed by atoms with van der Waals surface area (Å²) < 4.78 is 5.06. The number of carboxylic acid groups (broad SMARTS) is 1. The van der Waals surface area contributed by atoms with E-state index in [2.05, 4.69) is 11.8 Å². The Labute approximate surface area is 111 Å². The summed E-state index contributed by atoms with van der Waals surface area (Å²) >= 11 is 1.94. The number of hydrogen-bond donors (Lipinski definition) is 1. The molecule has 1 saturated heterocycles. The van der Waals surface area contributed by atoms with E-state index in [1.165, 1.54) is 0 Å². The summed E-state index contributed by atoms with van der Waals surface area (Å²) in [5.41, 5.74) is 0. The summed E-state index contributed by atoms with van der Waals surface area (Å²) in [6, 6.07) is 0.230. The Morgan fingerprint density at radius 2 is 2.06 bits per heavy atom. The maximum absolute atomic E-state index is 11.3. The van der Waals surface area contributed by atoms with Gasteiger partial charge >= 0.3 is 11.9 Å². The van der Waals surface area contributed by atoms with E-state index in [9.17, 15) is 9.59 Å². The highest BCUT2D eigenvalue weighted by atomic mass is 32.2. The Kier molecular flexibility index (Phi) is 6.82. The van der Waals surface area contributed by atoms with Gasteiger partial charge in [-0.3, -0.25) is 4.90 Å². The van der Waals surface area contributed by atoms with Gasteiger partial charge in [0, 0.05) is 42.8 Å². The normalized spacial score (nSPS) is 18.7. The van der Waals surface area contributed by atoms with Gasteiger partial charge < -0.3 is 9.84 Å². The number of rotatable bonds is 6. The van der Waals surface area contributed by atoms with Gasteiger partial charge in [-0.05, 0) is 6.42 Å². The molecule has 6 heteroatoms. The minimum atomic E-state index is -1.15. The van der Waals surface area contributed by atoms with Crippen LogP contribution in [-0.2, 0) is 14.3 Å². The number of nitrogens with zero attached hydrogens (tertiary/aromatic N) is 1. The predicted octanol–water partition coefficient (Wildman–Crippen LogP) is 0.998. The Hall–Kier alpha value is -1.01. The molecule has 102 valence electrons. The van der Waals surface area contributed by atoms with Crippen molar-refractivity contribution in [1.82, 2.24) is 4.90 Å². The molecule has 0 aromatic carbocycles. The number of ether oxygens (including phenoxy) is 1. The Balaban J connectivity index is 2.34. The molecule has 1 heterocycles. The minimum absolute atomic E-state index is 0.230. The lowest BCUT2D eigenvalue weighted by molar-refractivity contribution is -0.140. The van der Waals surface area contributed by atoms with Crippen LogP contribution in [0.2, 0.25) is 0 Å². The predicted molar refractivity (Wildman–Crippen MR) is 70.7 cm³/mol. The van der Waals surface area contributed by atoms with E-state index in [0.717, 1.165) is 43.2 Å². The van der Waals surface area contributed by atoms with Gasteiger partial charge in [-0.15, -0.1) is 0 Å². The second-order valence-corrected chi connectivity index (χ2v) is 5.24. The molecule has 1 atom stereocenters. The Bertz CT molecular complexity index is 313. The van der Waals surface area contributed by atoms with Gasteiger partial charge in [0.2, 0.25) is 0 Å². The van der Waals surface area contributed by atoms with E-state index in [0.29, 0.717) is 6.61 Å². The van der Waals surface area contributed by atoms with Gasteiger partial charge in [0.25, 0.3) is 0 Å². The number of hydrogen-bond acceptors (Lipinski definition) is 5. The highest BCUT2D eigenvalue weighted by Gasteiger charge is 2.20. The van der Waals surface area contributed by atoms with Crippen LogP contribution in [0.25, 0.3) is 0 Å². The second-order valence-electron chi connectivity index (χ2n) is 4.01. The van der Waals surface area contributed by atoms with E-state index in [-0.39, 0.29) is 6.04 Å². The highest BCUT2D eigenvalue weighted by Crippen LogP contribution is 2.14. The van der Waals surface area contributed by atoms with Crippen molar-refractivity contribution in [2.24, 2.45) is 0 Å². The molecular weight excluding hydrogens is 254 g/mol. The van der Waals surface area contributed by atoms with Crippen molar-refractivity contribution in [1.29, 1.82) is 0 Å². The number of aliphatic carboxylic acids is 1. The van der Waals surface area contributed by atoms with Gasteiger partial charge in [0.1, 0.15) is 6.61 Å². The largest absolute Gasteiger partial charge is 0.478 e. The maximum Gasteiger partial charge on any atom is 0.331 e. The zero-order valence-electron chi connectivity index (χ0n) is 10.5. The fourth-order valence-electron chi connectivity index (χ4n) is 1.79. The number of esters is 1. The standard InChI is InChI=1S/C12H19NO4S/c1-2-10(13-5-7-18-8-6-13)9-17-12(16)4-3-11(14)15/h3-4,10H,2,5-9H2,1H3,(H,14,15)/b4-3+. The first kappa shape index (κ1) is 15.0. The fraction of sp³-hybridized carbons (Fsp3) is 0.667. The quantitative estimate of drug-likeness (QED) is 0.575. The van der Waals surface area contributed by atoms with Crippen LogP contribution in [0.3, 0.4) is 0 Å². The summed E-state index contributed by atoms with van der Waals surface area (Å²) in [6.45, 7) is 4.43. The molecular formula is C12H19NO4S. The van der Waals surface area contributed by atoms with Crippen molar-refractivity contribution in [2.75, 3.05) is 31.2 Å². The van der Waals surface area contributed by atoms with Gasteiger partial charge in [-0.25, -0.2) is 9.59 Å². The van der Waals surface area contributed by atoms with Crippen LogP contribution in [0.15, 0.2) is 12.2 Å². The summed E-state index contributed by atoms with van der Waals surface area (Å²) in [7, 11) is 0. The van der Waals surface area contributed by atoms with Crippen molar-refractivity contribution in [3.63, 3.8) is 0 Å². The van der Waals surface area contributed by atoms with Crippen molar-refractivity contribution in [3.8, 4) is 0 Å². The van der Waals surface area contributed by atoms with Gasteiger partial charge in [-0.1, -0.05) is 6.92 Å². The lowest BCUT2D eigenvalue weighted by Gasteiger charge is -2.33. The van der Waals surface area contributed by atoms with Crippen LogP contribution in [-0.4, -0.2) is 59.2 Å². The molecule has 0 spiro atoms. The SMILES string of the molecule is CCC(COC(=O)/C=C/C(=O)O)N1CCSCC1. The van der Waals surface area contributed by atoms with E-state index in [1.54, 1.807) is 0 Å². The molecule has 18 heavy (non-hydrogen) atoms. The lowest BCUT2D eigenvalue weighted by atomic mass is 10.2. The van der Waals surface area contributed by atoms with Crippen LogP contribution >= 0.6 is 11.8 Å². The Morgan fingerprint density at radius 3 is 2.61 bits per heavy atom. The average Bonchev–Trinajstić information content (AvgIpc) is 2.38. The Morgan fingerprint density at radius 1 is 1.39 bits per heavy atom. The smallest absolute Gasteiger partial charge is 0.331 e. The van der Waals surface area contributed by atoms with Crippen LogP contribution in [0.5, 0.6) is 0 Å². The summed E-state index contributed by atoms with van der Waals surface area (Å²) in [6.07, 6.45) is 2.66. The topological polar surface area (TPSA) is 66.8 Å². The summed E-state index contributed by atoms with van der Waals surface area (Å²) in [5.74, 6) is 0.487. The number of carbonyl (C=O) groups is 2. The zero-order chi connectivity index (χ0) is 13.4. The van der Waals surface area contributed by atoms with Crippen molar-refractivity contribution in [2.45, 2.75) is 19.4 Å². The molecule has 1 N–H and O–H groups in total. The van der Waals surface area contributed by atoms with E-state index in [1.807, 2.05) is 11.8 Å². The number of carboxylic acids is 1. The van der Waals surface area contributed by atoms with Crippen molar-refractivity contribution < 1.29 is 19.4 Å². The third-order valence-electron chi connectivity index (χ3n) is 2.81. The van der Waals surface area contributed by atoms with Gasteiger partial charge in [0.15, 0.2) is 0 Å². The molecule has 0 amide bonds. The fourth-order valence-corrected chi connectivity index (χ4v) is 2.72. The van der Waals surface area contributed by atoms with E-state index < -0.39 is 11.9 Å². The van der Waals surface area contributed by atoms with Crippen LogP contribution < -0.4 is 0 Å². The third-order valence-corrected chi connectivity index (χ3v) is 3.76.